The molecule has 0 aliphatic carbocycles. The summed E-state index contributed by atoms with van der Waals surface area (Å²) in [5, 5.41) is 0. The van der Waals surface area contributed by atoms with E-state index in [1.807, 2.05) is 13.0 Å². The molecule has 0 saturated carbocycles. The topological polar surface area (TPSA) is 55.0 Å². The lowest BCUT2D eigenvalue weighted by Gasteiger charge is -2.18. The summed E-state index contributed by atoms with van der Waals surface area (Å²) in [6.45, 7) is 3.60. The first-order chi connectivity index (χ1) is 9.61. The van der Waals surface area contributed by atoms with Crippen molar-refractivity contribution >= 4 is 5.82 Å². The van der Waals surface area contributed by atoms with Crippen molar-refractivity contribution in [2.75, 3.05) is 18.0 Å². The summed E-state index contributed by atoms with van der Waals surface area (Å²) in [6.07, 6.45) is 0.981. The number of hydrogen-bond donors (Lipinski definition) is 1. The van der Waals surface area contributed by atoms with E-state index in [9.17, 15) is 4.39 Å². The zero-order valence-electron chi connectivity index (χ0n) is 11.4. The molecule has 1 aromatic heterocycles. The van der Waals surface area contributed by atoms with Gasteiger partial charge in [-0.1, -0.05) is 0 Å². The third-order valence-electron chi connectivity index (χ3n) is 3.51. The van der Waals surface area contributed by atoms with Gasteiger partial charge in [0.05, 0.1) is 5.69 Å². The summed E-state index contributed by atoms with van der Waals surface area (Å²) < 4.78 is 13.0. The van der Waals surface area contributed by atoms with Crippen molar-refractivity contribution < 1.29 is 4.39 Å². The maximum Gasteiger partial charge on any atom is 0.132 e. The van der Waals surface area contributed by atoms with Crippen LogP contribution in [0.25, 0.3) is 11.3 Å². The van der Waals surface area contributed by atoms with Gasteiger partial charge in [0.2, 0.25) is 0 Å². The summed E-state index contributed by atoms with van der Waals surface area (Å²) in [4.78, 5) is 11.1. The Balaban J connectivity index is 1.96. The number of hydrogen-bond acceptors (Lipinski definition) is 4. The van der Waals surface area contributed by atoms with Crippen LogP contribution in [-0.2, 0) is 0 Å². The largest absolute Gasteiger partial charge is 0.355 e. The van der Waals surface area contributed by atoms with E-state index in [0.29, 0.717) is 5.82 Å². The van der Waals surface area contributed by atoms with E-state index < -0.39 is 0 Å². The van der Waals surface area contributed by atoms with Gasteiger partial charge in [0.1, 0.15) is 17.5 Å². The summed E-state index contributed by atoms with van der Waals surface area (Å²) >= 11 is 0. The van der Waals surface area contributed by atoms with Gasteiger partial charge >= 0.3 is 0 Å². The fourth-order valence-electron chi connectivity index (χ4n) is 2.48. The second-order valence-electron chi connectivity index (χ2n) is 5.16. The molecule has 1 fully saturated rings. The van der Waals surface area contributed by atoms with Crippen LogP contribution in [0.15, 0.2) is 30.3 Å². The van der Waals surface area contributed by atoms with Crippen molar-refractivity contribution in [1.82, 2.24) is 9.97 Å². The third-order valence-corrected chi connectivity index (χ3v) is 3.51. The standard InChI is InChI=1S/C15H17FN4/c1-10-18-14(11-2-4-12(16)5-3-11)8-15(19-10)20-7-6-13(17)9-20/h2-5,8,13H,6-7,9,17H2,1H3/t13-/m0/s1. The summed E-state index contributed by atoms with van der Waals surface area (Å²) in [7, 11) is 0. The van der Waals surface area contributed by atoms with E-state index in [1.165, 1.54) is 12.1 Å². The fraction of sp³-hybridized carbons (Fsp3) is 0.333. The van der Waals surface area contributed by atoms with Crippen molar-refractivity contribution in [3.63, 3.8) is 0 Å². The summed E-state index contributed by atoms with van der Waals surface area (Å²) in [5.41, 5.74) is 7.64. The van der Waals surface area contributed by atoms with Gasteiger partial charge in [-0.2, -0.15) is 0 Å². The minimum atomic E-state index is -0.245. The molecule has 0 spiro atoms. The number of rotatable bonds is 2. The van der Waals surface area contributed by atoms with Gasteiger partial charge in [-0.25, -0.2) is 14.4 Å². The highest BCUT2D eigenvalue weighted by molar-refractivity contribution is 5.63. The van der Waals surface area contributed by atoms with Crippen molar-refractivity contribution in [2.24, 2.45) is 5.73 Å². The number of benzene rings is 1. The van der Waals surface area contributed by atoms with Crippen LogP contribution in [0.4, 0.5) is 10.2 Å². The molecule has 2 heterocycles. The van der Waals surface area contributed by atoms with Crippen LogP contribution in [-0.4, -0.2) is 29.1 Å². The Morgan fingerprint density at radius 2 is 2.00 bits per heavy atom. The van der Waals surface area contributed by atoms with Crippen LogP contribution in [0.3, 0.4) is 0 Å². The van der Waals surface area contributed by atoms with Crippen LogP contribution in [0.2, 0.25) is 0 Å². The molecule has 3 rings (SSSR count). The molecule has 1 saturated heterocycles. The molecule has 0 bridgehead atoms. The van der Waals surface area contributed by atoms with Gasteiger partial charge < -0.3 is 10.6 Å². The highest BCUT2D eigenvalue weighted by Crippen LogP contribution is 2.24. The summed E-state index contributed by atoms with van der Waals surface area (Å²) in [5.74, 6) is 1.36. The molecule has 20 heavy (non-hydrogen) atoms. The Labute approximate surface area is 117 Å². The van der Waals surface area contributed by atoms with E-state index in [2.05, 4.69) is 14.9 Å². The zero-order chi connectivity index (χ0) is 14.1. The van der Waals surface area contributed by atoms with Crippen LogP contribution in [0.1, 0.15) is 12.2 Å². The first-order valence-corrected chi connectivity index (χ1v) is 6.74. The van der Waals surface area contributed by atoms with Crippen LogP contribution >= 0.6 is 0 Å². The molecule has 1 aliphatic heterocycles. The van der Waals surface area contributed by atoms with E-state index in [-0.39, 0.29) is 11.9 Å². The maximum atomic E-state index is 13.0. The van der Waals surface area contributed by atoms with E-state index in [1.54, 1.807) is 12.1 Å². The maximum absolute atomic E-state index is 13.0. The lowest BCUT2D eigenvalue weighted by Crippen LogP contribution is -2.27. The minimum Gasteiger partial charge on any atom is -0.355 e. The van der Waals surface area contributed by atoms with Gasteiger partial charge in [0, 0.05) is 30.8 Å². The Bertz CT molecular complexity index is 612. The molecule has 1 aliphatic rings. The predicted octanol–water partition coefficient (Wildman–Crippen LogP) is 2.13. The molecule has 4 nitrogen and oxygen atoms in total. The molecular formula is C15H17FN4. The van der Waals surface area contributed by atoms with Crippen LogP contribution < -0.4 is 10.6 Å². The van der Waals surface area contributed by atoms with Gasteiger partial charge in [-0.3, -0.25) is 0 Å². The van der Waals surface area contributed by atoms with Gasteiger partial charge in [0.15, 0.2) is 0 Å². The highest BCUT2D eigenvalue weighted by atomic mass is 19.1. The van der Waals surface area contributed by atoms with Crippen molar-refractivity contribution in [1.29, 1.82) is 0 Å². The molecule has 2 aromatic rings. The van der Waals surface area contributed by atoms with Gasteiger partial charge in [-0.15, -0.1) is 0 Å². The molecule has 1 atom stereocenters. The minimum absolute atomic E-state index is 0.208. The van der Waals surface area contributed by atoms with Gasteiger partial charge in [-0.05, 0) is 37.6 Å². The predicted molar refractivity (Wildman–Crippen MR) is 77.0 cm³/mol. The highest BCUT2D eigenvalue weighted by Gasteiger charge is 2.21. The number of nitrogens with zero attached hydrogens (tertiary/aromatic N) is 3. The Kier molecular flexibility index (Phi) is 3.36. The third kappa shape index (κ3) is 2.63. The second-order valence-corrected chi connectivity index (χ2v) is 5.16. The second kappa shape index (κ2) is 5.17. The average Bonchev–Trinajstić information content (AvgIpc) is 2.85. The summed E-state index contributed by atoms with van der Waals surface area (Å²) in [6, 6.07) is 8.50. The van der Waals surface area contributed by atoms with E-state index in [4.69, 9.17) is 5.73 Å². The number of aromatic nitrogens is 2. The lowest BCUT2D eigenvalue weighted by molar-refractivity contribution is 0.628. The zero-order valence-corrected chi connectivity index (χ0v) is 11.4. The molecule has 0 radical (unpaired) electrons. The molecule has 2 N–H and O–H groups in total. The Morgan fingerprint density at radius 3 is 2.65 bits per heavy atom. The molecular weight excluding hydrogens is 255 g/mol. The van der Waals surface area contributed by atoms with Crippen molar-refractivity contribution in [3.8, 4) is 11.3 Å². The van der Waals surface area contributed by atoms with Crippen LogP contribution in [0, 0.1) is 12.7 Å². The molecule has 0 amide bonds. The van der Waals surface area contributed by atoms with Crippen molar-refractivity contribution in [2.45, 2.75) is 19.4 Å². The van der Waals surface area contributed by atoms with Gasteiger partial charge in [0.25, 0.3) is 0 Å². The Hall–Kier alpha value is -2.01. The lowest BCUT2D eigenvalue weighted by atomic mass is 10.1. The number of anilines is 1. The monoisotopic (exact) mass is 272 g/mol. The van der Waals surface area contributed by atoms with Crippen molar-refractivity contribution in [3.05, 3.63) is 42.0 Å². The van der Waals surface area contributed by atoms with Crippen LogP contribution in [0.5, 0.6) is 0 Å². The number of aryl methyl sites for hydroxylation is 1. The normalized spacial score (nSPS) is 18.6. The first kappa shape index (κ1) is 13.0. The molecule has 104 valence electrons. The van der Waals surface area contributed by atoms with E-state index >= 15 is 0 Å². The first-order valence-electron chi connectivity index (χ1n) is 6.74. The Morgan fingerprint density at radius 1 is 1.25 bits per heavy atom. The van der Waals surface area contributed by atoms with E-state index in [0.717, 1.165) is 36.6 Å². The smallest absolute Gasteiger partial charge is 0.132 e. The molecule has 1 aromatic carbocycles. The number of nitrogens with two attached hydrogens (primary N) is 1. The molecule has 0 unspecified atom stereocenters. The number of halogens is 1. The average molecular weight is 272 g/mol. The fourth-order valence-corrected chi connectivity index (χ4v) is 2.48. The molecule has 5 heteroatoms. The quantitative estimate of drug-likeness (QED) is 0.910. The SMILES string of the molecule is Cc1nc(-c2ccc(F)cc2)cc(N2CC[C@H](N)C2)n1.